The molecule has 25 heavy (non-hydrogen) atoms. The number of carbonyl (C=O) groups excluding carboxylic acids is 2. The van der Waals surface area contributed by atoms with Crippen LogP contribution in [0.2, 0.25) is 0 Å². The lowest BCUT2D eigenvalue weighted by atomic mass is 9.71. The van der Waals surface area contributed by atoms with Gasteiger partial charge in [0.05, 0.1) is 5.92 Å². The van der Waals surface area contributed by atoms with Gasteiger partial charge >= 0.3 is 0 Å². The first kappa shape index (κ1) is 16.6. The Kier molecular flexibility index (Phi) is 4.50. The Morgan fingerprint density at radius 1 is 0.960 bits per heavy atom. The summed E-state index contributed by atoms with van der Waals surface area (Å²) in [7, 11) is 0. The van der Waals surface area contributed by atoms with Crippen molar-refractivity contribution in [2.24, 2.45) is 5.41 Å². The fourth-order valence-corrected chi connectivity index (χ4v) is 4.63. The van der Waals surface area contributed by atoms with Gasteiger partial charge in [0.25, 0.3) is 0 Å². The molecule has 1 aromatic rings. The van der Waals surface area contributed by atoms with E-state index in [2.05, 4.69) is 39.8 Å². The lowest BCUT2D eigenvalue weighted by molar-refractivity contribution is -0.134. The van der Waals surface area contributed by atoms with Crippen molar-refractivity contribution in [3.63, 3.8) is 0 Å². The van der Waals surface area contributed by atoms with E-state index >= 15 is 0 Å². The number of anilines is 1. The van der Waals surface area contributed by atoms with Crippen LogP contribution in [-0.2, 0) is 9.59 Å². The van der Waals surface area contributed by atoms with Gasteiger partial charge in [0, 0.05) is 25.2 Å². The van der Waals surface area contributed by atoms with Crippen LogP contribution in [0.25, 0.3) is 0 Å². The highest BCUT2D eigenvalue weighted by Gasteiger charge is 2.35. The second-order valence-corrected chi connectivity index (χ2v) is 7.83. The van der Waals surface area contributed by atoms with Gasteiger partial charge < -0.3 is 10.2 Å². The Bertz CT molecular complexity index is 639. The highest BCUT2D eigenvalue weighted by atomic mass is 16.2. The molecule has 1 unspecified atom stereocenters. The molecule has 0 radical (unpaired) electrons. The van der Waals surface area contributed by atoms with Gasteiger partial charge in [0.2, 0.25) is 11.8 Å². The predicted octanol–water partition coefficient (Wildman–Crippen LogP) is 2.18. The number of piperidine rings is 3. The van der Waals surface area contributed by atoms with Crippen molar-refractivity contribution in [1.82, 2.24) is 10.6 Å². The van der Waals surface area contributed by atoms with Crippen molar-refractivity contribution >= 4 is 17.5 Å². The molecule has 1 spiro atoms. The van der Waals surface area contributed by atoms with Gasteiger partial charge in [0.15, 0.2) is 0 Å². The molecule has 3 heterocycles. The zero-order valence-corrected chi connectivity index (χ0v) is 14.7. The molecule has 134 valence electrons. The second kappa shape index (κ2) is 6.79. The lowest BCUT2D eigenvalue weighted by Gasteiger charge is -2.45. The van der Waals surface area contributed by atoms with Crippen molar-refractivity contribution in [3.05, 3.63) is 29.8 Å². The first-order chi connectivity index (χ1) is 12.2. The maximum absolute atomic E-state index is 12.0. The van der Waals surface area contributed by atoms with Crippen LogP contribution in [0.15, 0.2) is 24.3 Å². The number of amides is 2. The molecule has 0 aromatic heterocycles. The van der Waals surface area contributed by atoms with Gasteiger partial charge in [-0.3, -0.25) is 14.9 Å². The molecule has 4 rings (SSSR count). The number of carbonyl (C=O) groups is 2. The molecule has 3 aliphatic rings. The molecule has 3 saturated heterocycles. The molecule has 1 atom stereocenters. The van der Waals surface area contributed by atoms with E-state index in [0.29, 0.717) is 18.3 Å². The first-order valence-electron chi connectivity index (χ1n) is 9.55. The molecule has 1 aromatic carbocycles. The summed E-state index contributed by atoms with van der Waals surface area (Å²) < 4.78 is 0. The van der Waals surface area contributed by atoms with Crippen LogP contribution in [0.1, 0.15) is 50.0 Å². The Balaban J connectivity index is 1.39. The van der Waals surface area contributed by atoms with Gasteiger partial charge in [-0.15, -0.1) is 0 Å². The summed E-state index contributed by atoms with van der Waals surface area (Å²) in [4.78, 5) is 25.8. The average Bonchev–Trinajstić information content (AvgIpc) is 2.64. The van der Waals surface area contributed by atoms with Crippen LogP contribution < -0.4 is 15.5 Å². The van der Waals surface area contributed by atoms with E-state index in [0.717, 1.165) is 18.7 Å². The van der Waals surface area contributed by atoms with E-state index in [9.17, 15) is 9.59 Å². The first-order valence-corrected chi connectivity index (χ1v) is 9.55. The van der Waals surface area contributed by atoms with Crippen molar-refractivity contribution < 1.29 is 9.59 Å². The van der Waals surface area contributed by atoms with Crippen LogP contribution in [0.4, 0.5) is 5.69 Å². The summed E-state index contributed by atoms with van der Waals surface area (Å²) in [6, 6.07) is 8.40. The number of benzene rings is 1. The number of imide groups is 1. The number of nitrogens with one attached hydrogen (secondary N) is 2. The molecular weight excluding hydrogens is 314 g/mol. The van der Waals surface area contributed by atoms with Crippen LogP contribution in [0.5, 0.6) is 0 Å². The summed E-state index contributed by atoms with van der Waals surface area (Å²) in [5, 5.41) is 5.92. The SMILES string of the molecule is O=C1CCC(c2ccc(N3CCC4(CCNCC4)CC3)cc2)C(=O)N1. The van der Waals surface area contributed by atoms with E-state index in [1.165, 1.54) is 44.5 Å². The summed E-state index contributed by atoms with van der Waals surface area (Å²) in [6.45, 7) is 4.58. The monoisotopic (exact) mass is 341 g/mol. The lowest BCUT2D eigenvalue weighted by Crippen LogP contribution is -2.45. The smallest absolute Gasteiger partial charge is 0.234 e. The van der Waals surface area contributed by atoms with Gasteiger partial charge in [-0.05, 0) is 68.3 Å². The minimum Gasteiger partial charge on any atom is -0.371 e. The number of rotatable bonds is 2. The van der Waals surface area contributed by atoms with Crippen molar-refractivity contribution in [1.29, 1.82) is 0 Å². The predicted molar refractivity (Wildman–Crippen MR) is 97.6 cm³/mol. The quantitative estimate of drug-likeness (QED) is 0.810. The van der Waals surface area contributed by atoms with Crippen LogP contribution in [0.3, 0.4) is 0 Å². The van der Waals surface area contributed by atoms with E-state index in [1.54, 1.807) is 0 Å². The highest BCUT2D eigenvalue weighted by molar-refractivity contribution is 6.00. The fourth-order valence-electron chi connectivity index (χ4n) is 4.63. The third-order valence-electron chi connectivity index (χ3n) is 6.39. The van der Waals surface area contributed by atoms with E-state index < -0.39 is 0 Å². The highest BCUT2D eigenvalue weighted by Crippen LogP contribution is 2.40. The fraction of sp³-hybridized carbons (Fsp3) is 0.600. The molecule has 2 N–H and O–H groups in total. The summed E-state index contributed by atoms with van der Waals surface area (Å²) >= 11 is 0. The summed E-state index contributed by atoms with van der Waals surface area (Å²) in [5.74, 6) is -0.501. The van der Waals surface area contributed by atoms with E-state index in [1.807, 2.05) is 0 Å². The van der Waals surface area contributed by atoms with E-state index in [-0.39, 0.29) is 17.7 Å². The van der Waals surface area contributed by atoms with Crippen molar-refractivity contribution in [2.75, 3.05) is 31.1 Å². The van der Waals surface area contributed by atoms with Crippen molar-refractivity contribution in [3.8, 4) is 0 Å². The Hall–Kier alpha value is -1.88. The third kappa shape index (κ3) is 3.43. The second-order valence-electron chi connectivity index (χ2n) is 7.83. The van der Waals surface area contributed by atoms with Crippen LogP contribution >= 0.6 is 0 Å². The summed E-state index contributed by atoms with van der Waals surface area (Å²) in [5.41, 5.74) is 2.83. The molecule has 5 heteroatoms. The Morgan fingerprint density at radius 2 is 1.64 bits per heavy atom. The van der Waals surface area contributed by atoms with Gasteiger partial charge in [0.1, 0.15) is 0 Å². The maximum atomic E-state index is 12.0. The number of hydrogen-bond acceptors (Lipinski definition) is 4. The van der Waals surface area contributed by atoms with Gasteiger partial charge in [-0.2, -0.15) is 0 Å². The molecule has 0 bridgehead atoms. The van der Waals surface area contributed by atoms with Gasteiger partial charge in [-0.25, -0.2) is 0 Å². The number of hydrogen-bond donors (Lipinski definition) is 2. The molecule has 3 aliphatic heterocycles. The minimum absolute atomic E-state index is 0.155. The molecule has 5 nitrogen and oxygen atoms in total. The van der Waals surface area contributed by atoms with Crippen molar-refractivity contribution in [2.45, 2.75) is 44.4 Å². The van der Waals surface area contributed by atoms with Crippen LogP contribution in [0, 0.1) is 5.41 Å². The molecule has 2 amide bonds. The molecule has 0 saturated carbocycles. The molecule has 0 aliphatic carbocycles. The summed E-state index contributed by atoms with van der Waals surface area (Å²) in [6.07, 6.45) is 6.24. The minimum atomic E-state index is -0.189. The zero-order chi connectivity index (χ0) is 17.3. The molecular formula is C20H27N3O2. The van der Waals surface area contributed by atoms with Crippen LogP contribution in [-0.4, -0.2) is 38.0 Å². The van der Waals surface area contributed by atoms with E-state index in [4.69, 9.17) is 0 Å². The molecule has 3 fully saturated rings. The topological polar surface area (TPSA) is 61.4 Å². The number of nitrogens with zero attached hydrogens (tertiary/aromatic N) is 1. The third-order valence-corrected chi connectivity index (χ3v) is 6.39. The Labute approximate surface area is 149 Å². The van der Waals surface area contributed by atoms with Gasteiger partial charge in [-0.1, -0.05) is 12.1 Å². The normalized spacial score (nSPS) is 26.6. The Morgan fingerprint density at radius 3 is 2.28 bits per heavy atom. The zero-order valence-electron chi connectivity index (χ0n) is 14.7. The largest absolute Gasteiger partial charge is 0.371 e. The maximum Gasteiger partial charge on any atom is 0.234 e. The standard InChI is InChI=1S/C20H27N3O2/c24-18-6-5-17(19(25)22-18)15-1-3-16(4-2-15)23-13-9-20(10-14-23)7-11-21-12-8-20/h1-4,17,21H,5-14H2,(H,22,24,25). The average molecular weight is 341 g/mol.